The van der Waals surface area contributed by atoms with E-state index in [9.17, 15) is 0 Å². The Morgan fingerprint density at radius 3 is 2.88 bits per heavy atom. The van der Waals surface area contributed by atoms with Crippen molar-refractivity contribution in [2.75, 3.05) is 23.3 Å². The van der Waals surface area contributed by atoms with Gasteiger partial charge in [-0.1, -0.05) is 17.4 Å². The van der Waals surface area contributed by atoms with Gasteiger partial charge in [0.25, 0.3) is 0 Å². The van der Waals surface area contributed by atoms with Gasteiger partial charge in [0.15, 0.2) is 0 Å². The summed E-state index contributed by atoms with van der Waals surface area (Å²) in [6.45, 7) is 4.16. The third-order valence-corrected chi connectivity index (χ3v) is 3.16. The molecule has 2 heterocycles. The van der Waals surface area contributed by atoms with Crippen LogP contribution in [-0.4, -0.2) is 16.5 Å². The van der Waals surface area contributed by atoms with Crippen LogP contribution in [-0.2, 0) is 0 Å². The second kappa shape index (κ2) is 4.27. The van der Waals surface area contributed by atoms with Crippen molar-refractivity contribution in [3.63, 3.8) is 0 Å². The Bertz CT molecular complexity index is 624. The van der Waals surface area contributed by atoms with Gasteiger partial charge in [-0.15, -0.1) is 6.58 Å². The predicted octanol–water partition coefficient (Wildman–Crippen LogP) is 1.33. The van der Waals surface area contributed by atoms with E-state index in [2.05, 4.69) is 27.9 Å². The van der Waals surface area contributed by atoms with Gasteiger partial charge >= 0.3 is 0 Å². The summed E-state index contributed by atoms with van der Waals surface area (Å²) in [7, 11) is 0. The number of rotatable bonds is 3. The molecule has 0 aliphatic rings. The van der Waals surface area contributed by atoms with E-state index in [0.29, 0.717) is 27.3 Å². The van der Waals surface area contributed by atoms with Crippen molar-refractivity contribution in [2.45, 2.75) is 0 Å². The van der Waals surface area contributed by atoms with Crippen molar-refractivity contribution in [1.82, 2.24) is 9.97 Å². The van der Waals surface area contributed by atoms with E-state index in [-0.39, 0.29) is 11.8 Å². The zero-order valence-corrected chi connectivity index (χ0v) is 9.71. The van der Waals surface area contributed by atoms with Crippen molar-refractivity contribution >= 4 is 38.3 Å². The van der Waals surface area contributed by atoms with Crippen LogP contribution in [0.5, 0.6) is 0 Å². The Kier molecular flexibility index (Phi) is 2.80. The molecule has 2 aromatic heterocycles. The smallest absolute Gasteiger partial charge is 0.223 e. The molecule has 0 amide bonds. The lowest BCUT2D eigenvalue weighted by Gasteiger charge is -1.99. The summed E-state index contributed by atoms with van der Waals surface area (Å²) in [6.07, 6.45) is 1.70. The highest BCUT2D eigenvalue weighted by Crippen LogP contribution is 2.36. The van der Waals surface area contributed by atoms with Crippen LogP contribution in [0.3, 0.4) is 0 Å². The Hall–Kier alpha value is -2.33. The molecule has 6 nitrogen and oxygen atoms in total. The molecule has 0 saturated carbocycles. The monoisotopic (exact) mass is 246 g/mol. The van der Waals surface area contributed by atoms with Crippen molar-refractivity contribution in [3.8, 4) is 6.07 Å². The molecule has 2 rings (SSSR count). The summed E-state index contributed by atoms with van der Waals surface area (Å²) in [6, 6.07) is 2.10. The second-order valence-electron chi connectivity index (χ2n) is 3.23. The number of anilines is 3. The van der Waals surface area contributed by atoms with Crippen LogP contribution in [0.4, 0.5) is 16.8 Å². The summed E-state index contributed by atoms with van der Waals surface area (Å²) in [4.78, 5) is 8.53. The number of thiophene rings is 1. The fourth-order valence-electron chi connectivity index (χ4n) is 1.44. The van der Waals surface area contributed by atoms with Crippen molar-refractivity contribution in [3.05, 3.63) is 18.2 Å². The normalized spacial score (nSPS) is 10.1. The minimum Gasteiger partial charge on any atom is -0.383 e. The molecule has 7 heteroatoms. The first-order chi connectivity index (χ1) is 8.17. The van der Waals surface area contributed by atoms with Crippen LogP contribution in [0.25, 0.3) is 10.2 Å². The van der Waals surface area contributed by atoms with Crippen molar-refractivity contribution in [2.24, 2.45) is 0 Å². The van der Waals surface area contributed by atoms with Crippen LogP contribution in [0.15, 0.2) is 12.7 Å². The number of nitrogens with zero attached hydrogens (tertiary/aromatic N) is 3. The second-order valence-corrected chi connectivity index (χ2v) is 4.23. The Morgan fingerprint density at radius 1 is 1.47 bits per heavy atom. The first kappa shape index (κ1) is 11.2. The number of nitrogens with one attached hydrogen (secondary N) is 1. The lowest BCUT2D eigenvalue weighted by atomic mass is 10.2. The minimum atomic E-state index is 0.107. The van der Waals surface area contributed by atoms with Gasteiger partial charge in [0.2, 0.25) is 5.95 Å². The maximum absolute atomic E-state index is 9.15. The van der Waals surface area contributed by atoms with Gasteiger partial charge in [0, 0.05) is 6.54 Å². The lowest BCUT2D eigenvalue weighted by molar-refractivity contribution is 1.26. The molecule has 86 valence electrons. The highest BCUT2D eigenvalue weighted by Gasteiger charge is 2.16. The molecule has 5 N–H and O–H groups in total. The predicted molar refractivity (Wildman–Crippen MR) is 69.6 cm³/mol. The molecule has 0 radical (unpaired) electrons. The third kappa shape index (κ3) is 1.86. The molecule has 0 atom stereocenters. The zero-order valence-electron chi connectivity index (χ0n) is 8.90. The summed E-state index contributed by atoms with van der Waals surface area (Å²) in [5, 5.41) is 13.5. The number of hydrogen-bond donors (Lipinski definition) is 3. The van der Waals surface area contributed by atoms with E-state index in [4.69, 9.17) is 16.7 Å². The average Bonchev–Trinajstić information content (AvgIpc) is 2.63. The molecule has 0 spiro atoms. The van der Waals surface area contributed by atoms with Gasteiger partial charge < -0.3 is 16.8 Å². The Labute approximate surface area is 102 Å². The van der Waals surface area contributed by atoms with E-state index >= 15 is 0 Å². The van der Waals surface area contributed by atoms with Gasteiger partial charge in [-0.3, -0.25) is 0 Å². The topological polar surface area (TPSA) is 114 Å². The van der Waals surface area contributed by atoms with Gasteiger partial charge in [-0.25, -0.2) is 4.98 Å². The van der Waals surface area contributed by atoms with E-state index in [0.717, 1.165) is 0 Å². The highest BCUT2D eigenvalue weighted by molar-refractivity contribution is 7.22. The SMILES string of the molecule is C=CCNc1sc2nc(N)nc(N)c2c1C#N. The Balaban J connectivity index is 2.67. The first-order valence-corrected chi connectivity index (χ1v) is 5.59. The summed E-state index contributed by atoms with van der Waals surface area (Å²) in [5.74, 6) is 0.336. The summed E-state index contributed by atoms with van der Waals surface area (Å²) < 4.78 is 0. The molecule has 0 fully saturated rings. The minimum absolute atomic E-state index is 0.107. The van der Waals surface area contributed by atoms with Crippen LogP contribution in [0.1, 0.15) is 5.56 Å². The maximum atomic E-state index is 9.15. The molecule has 0 unspecified atom stereocenters. The molecule has 0 bridgehead atoms. The number of nitrogens with two attached hydrogens (primary N) is 2. The summed E-state index contributed by atoms with van der Waals surface area (Å²) in [5.41, 5.74) is 11.7. The molecular formula is C10H10N6S. The lowest BCUT2D eigenvalue weighted by Crippen LogP contribution is -2.00. The van der Waals surface area contributed by atoms with Crippen molar-refractivity contribution in [1.29, 1.82) is 5.26 Å². The van der Waals surface area contributed by atoms with Gasteiger partial charge in [0.1, 0.15) is 21.7 Å². The Morgan fingerprint density at radius 2 is 2.24 bits per heavy atom. The number of nitrogen functional groups attached to an aromatic ring is 2. The number of fused-ring (bicyclic) bond motifs is 1. The van der Waals surface area contributed by atoms with E-state index < -0.39 is 0 Å². The van der Waals surface area contributed by atoms with Crippen LogP contribution >= 0.6 is 11.3 Å². The number of aromatic nitrogens is 2. The third-order valence-electron chi connectivity index (χ3n) is 2.12. The van der Waals surface area contributed by atoms with Gasteiger partial charge in [-0.2, -0.15) is 10.2 Å². The molecule has 17 heavy (non-hydrogen) atoms. The van der Waals surface area contributed by atoms with Crippen LogP contribution < -0.4 is 16.8 Å². The van der Waals surface area contributed by atoms with Gasteiger partial charge in [0.05, 0.1) is 10.9 Å². The molecule has 2 aromatic rings. The van der Waals surface area contributed by atoms with Crippen molar-refractivity contribution < 1.29 is 0 Å². The molecular weight excluding hydrogens is 236 g/mol. The maximum Gasteiger partial charge on any atom is 0.223 e. The fraction of sp³-hybridized carbons (Fsp3) is 0.100. The number of hydrogen-bond acceptors (Lipinski definition) is 7. The molecule has 0 saturated heterocycles. The standard InChI is InChI=1S/C10H10N6S/c1-2-3-14-8-5(4-11)6-7(12)15-10(13)16-9(6)17-8/h2,14H,1,3H2,(H4,12,13,15,16). The number of nitriles is 1. The van der Waals surface area contributed by atoms with Crippen LogP contribution in [0.2, 0.25) is 0 Å². The van der Waals surface area contributed by atoms with Gasteiger partial charge in [-0.05, 0) is 0 Å². The van der Waals surface area contributed by atoms with E-state index in [1.54, 1.807) is 6.08 Å². The summed E-state index contributed by atoms with van der Waals surface area (Å²) >= 11 is 1.32. The highest BCUT2D eigenvalue weighted by atomic mass is 32.1. The fourth-order valence-corrected chi connectivity index (χ4v) is 2.49. The zero-order chi connectivity index (χ0) is 12.4. The molecule has 0 aromatic carbocycles. The average molecular weight is 246 g/mol. The largest absolute Gasteiger partial charge is 0.383 e. The molecule has 0 aliphatic carbocycles. The quantitative estimate of drug-likeness (QED) is 0.704. The van der Waals surface area contributed by atoms with E-state index in [1.807, 2.05) is 0 Å². The van der Waals surface area contributed by atoms with E-state index in [1.165, 1.54) is 11.3 Å². The first-order valence-electron chi connectivity index (χ1n) is 4.77. The van der Waals surface area contributed by atoms with Crippen LogP contribution in [0, 0.1) is 11.3 Å². The molecule has 0 aliphatic heterocycles.